The molecule has 2 unspecified atom stereocenters. The summed E-state index contributed by atoms with van der Waals surface area (Å²) in [5, 5.41) is 0. The van der Waals surface area contributed by atoms with Crippen LogP contribution in [0.3, 0.4) is 0 Å². The fourth-order valence-electron chi connectivity index (χ4n) is 3.34. The summed E-state index contributed by atoms with van der Waals surface area (Å²) in [4.78, 5) is 0. The lowest BCUT2D eigenvalue weighted by Gasteiger charge is -2.29. The first kappa shape index (κ1) is 16.5. The molecule has 0 N–H and O–H groups in total. The van der Waals surface area contributed by atoms with E-state index < -0.39 is 0 Å². The van der Waals surface area contributed by atoms with Gasteiger partial charge in [0.1, 0.15) is 0 Å². The molecule has 0 saturated carbocycles. The van der Waals surface area contributed by atoms with Crippen LogP contribution in [0.2, 0.25) is 0 Å². The molecule has 1 aromatic rings. The van der Waals surface area contributed by atoms with Gasteiger partial charge in [0, 0.05) is 0 Å². The fraction of sp³-hybridized carbons (Fsp3) is 0.700. The van der Waals surface area contributed by atoms with E-state index in [9.17, 15) is 0 Å². The van der Waals surface area contributed by atoms with E-state index >= 15 is 0 Å². The van der Waals surface area contributed by atoms with E-state index in [1.807, 2.05) is 0 Å². The van der Waals surface area contributed by atoms with Crippen LogP contribution in [0.5, 0.6) is 0 Å². The summed E-state index contributed by atoms with van der Waals surface area (Å²) in [6.07, 6.45) is 12.2. The van der Waals surface area contributed by atoms with Crippen LogP contribution in [-0.2, 0) is 11.2 Å². The van der Waals surface area contributed by atoms with E-state index in [4.69, 9.17) is 4.74 Å². The summed E-state index contributed by atoms with van der Waals surface area (Å²) < 4.78 is 6.13. The van der Waals surface area contributed by atoms with E-state index in [0.29, 0.717) is 6.10 Å². The number of rotatable bonds is 8. The third-order valence-corrected chi connectivity index (χ3v) is 4.73. The van der Waals surface area contributed by atoms with Gasteiger partial charge in [-0.05, 0) is 42.7 Å². The summed E-state index contributed by atoms with van der Waals surface area (Å²) in [5.41, 5.74) is 2.82. The fourth-order valence-corrected chi connectivity index (χ4v) is 3.34. The van der Waals surface area contributed by atoms with Crippen LogP contribution in [0.4, 0.5) is 0 Å². The topological polar surface area (TPSA) is 9.23 Å². The van der Waals surface area contributed by atoms with Gasteiger partial charge < -0.3 is 4.74 Å². The lowest BCUT2D eigenvalue weighted by Crippen LogP contribution is -2.20. The lowest BCUT2D eigenvalue weighted by atomic mass is 9.90. The Morgan fingerprint density at radius 2 is 1.76 bits per heavy atom. The normalized spacial score (nSPS) is 22.4. The third kappa shape index (κ3) is 5.47. The summed E-state index contributed by atoms with van der Waals surface area (Å²) in [5.74, 6) is 0.803. The van der Waals surface area contributed by atoms with Crippen molar-refractivity contribution in [1.29, 1.82) is 0 Å². The van der Waals surface area contributed by atoms with Crippen molar-refractivity contribution >= 4 is 0 Å². The Kier molecular flexibility index (Phi) is 7.29. The molecular formula is C20H32O. The molecule has 0 aromatic heterocycles. The first-order chi connectivity index (χ1) is 10.3. The van der Waals surface area contributed by atoms with Crippen molar-refractivity contribution < 1.29 is 4.74 Å². The number of benzene rings is 1. The molecule has 1 aromatic carbocycles. The largest absolute Gasteiger partial charge is 0.373 e. The Bertz CT molecular complexity index is 373. The highest BCUT2D eigenvalue weighted by atomic mass is 16.5. The molecule has 0 radical (unpaired) electrons. The lowest BCUT2D eigenvalue weighted by molar-refractivity contribution is -0.0199. The van der Waals surface area contributed by atoms with Crippen molar-refractivity contribution in [2.75, 3.05) is 6.61 Å². The van der Waals surface area contributed by atoms with E-state index in [0.717, 1.165) is 12.5 Å². The predicted octanol–water partition coefficient (Wildman–Crippen LogP) is 6.08. The van der Waals surface area contributed by atoms with Gasteiger partial charge in [-0.3, -0.25) is 0 Å². The molecule has 1 saturated heterocycles. The molecule has 1 aliphatic heterocycles. The molecule has 2 atom stereocenters. The maximum atomic E-state index is 6.13. The molecule has 1 nitrogen and oxygen atoms in total. The quantitative estimate of drug-likeness (QED) is 0.527. The van der Waals surface area contributed by atoms with Gasteiger partial charge in [-0.15, -0.1) is 0 Å². The van der Waals surface area contributed by atoms with Crippen molar-refractivity contribution in [2.45, 2.75) is 77.7 Å². The molecular weight excluding hydrogens is 256 g/mol. The van der Waals surface area contributed by atoms with Gasteiger partial charge in [0.15, 0.2) is 0 Å². The molecule has 21 heavy (non-hydrogen) atoms. The van der Waals surface area contributed by atoms with E-state index in [1.54, 1.807) is 0 Å². The molecule has 1 heteroatoms. The second kappa shape index (κ2) is 9.25. The number of ether oxygens (including phenoxy) is 1. The van der Waals surface area contributed by atoms with Crippen LogP contribution in [0.15, 0.2) is 24.3 Å². The first-order valence-corrected chi connectivity index (χ1v) is 9.04. The average molecular weight is 288 g/mol. The van der Waals surface area contributed by atoms with Crippen LogP contribution in [0, 0.1) is 5.92 Å². The van der Waals surface area contributed by atoms with Crippen LogP contribution in [0.1, 0.15) is 82.4 Å². The number of hydrogen-bond acceptors (Lipinski definition) is 1. The minimum Gasteiger partial charge on any atom is -0.373 e. The maximum absolute atomic E-state index is 6.13. The van der Waals surface area contributed by atoms with E-state index in [1.165, 1.54) is 68.9 Å². The molecule has 1 heterocycles. The Labute approximate surface area is 131 Å². The van der Waals surface area contributed by atoms with Crippen LogP contribution < -0.4 is 0 Å². The zero-order valence-electron chi connectivity index (χ0n) is 13.9. The smallest absolute Gasteiger partial charge is 0.0825 e. The van der Waals surface area contributed by atoms with Gasteiger partial charge in [0.25, 0.3) is 0 Å². The summed E-state index contributed by atoms with van der Waals surface area (Å²) >= 11 is 0. The zero-order valence-corrected chi connectivity index (χ0v) is 13.9. The molecule has 118 valence electrons. The minimum absolute atomic E-state index is 0.340. The molecule has 0 amide bonds. The maximum Gasteiger partial charge on any atom is 0.0825 e. The SMILES string of the molecule is CCCCCCC1CCC(c2ccc(CCC)cc2)OC1. The number of hydrogen-bond donors (Lipinski definition) is 0. The van der Waals surface area contributed by atoms with Crippen molar-refractivity contribution in [3.8, 4) is 0 Å². The molecule has 2 rings (SSSR count). The van der Waals surface area contributed by atoms with Crippen molar-refractivity contribution in [2.24, 2.45) is 5.92 Å². The summed E-state index contributed by atoms with van der Waals surface area (Å²) in [6.45, 7) is 5.48. The van der Waals surface area contributed by atoms with Gasteiger partial charge >= 0.3 is 0 Å². The Balaban J connectivity index is 1.73. The predicted molar refractivity (Wildman–Crippen MR) is 90.6 cm³/mol. The first-order valence-electron chi connectivity index (χ1n) is 9.04. The third-order valence-electron chi connectivity index (χ3n) is 4.73. The highest BCUT2D eigenvalue weighted by Gasteiger charge is 2.22. The standard InChI is InChI=1S/C20H32O/c1-3-5-6-7-9-18-12-15-20(21-16-18)19-13-10-17(8-4-2)11-14-19/h10-11,13-14,18,20H,3-9,12,15-16H2,1-2H3. The van der Waals surface area contributed by atoms with Crippen molar-refractivity contribution in [1.82, 2.24) is 0 Å². The number of unbranched alkanes of at least 4 members (excludes halogenated alkanes) is 3. The van der Waals surface area contributed by atoms with Crippen molar-refractivity contribution in [3.05, 3.63) is 35.4 Å². The Morgan fingerprint density at radius 3 is 2.38 bits per heavy atom. The highest BCUT2D eigenvalue weighted by Crippen LogP contribution is 2.32. The summed E-state index contributed by atoms with van der Waals surface area (Å²) in [6, 6.07) is 9.10. The molecule has 1 fully saturated rings. The monoisotopic (exact) mass is 288 g/mol. The molecule has 1 aliphatic rings. The Hall–Kier alpha value is -0.820. The second-order valence-corrected chi connectivity index (χ2v) is 6.61. The average Bonchev–Trinajstić information content (AvgIpc) is 2.53. The second-order valence-electron chi connectivity index (χ2n) is 6.61. The van der Waals surface area contributed by atoms with Crippen molar-refractivity contribution in [3.63, 3.8) is 0 Å². The van der Waals surface area contributed by atoms with Gasteiger partial charge in [-0.1, -0.05) is 70.2 Å². The summed E-state index contributed by atoms with van der Waals surface area (Å²) in [7, 11) is 0. The molecule has 0 bridgehead atoms. The minimum atomic E-state index is 0.340. The van der Waals surface area contributed by atoms with E-state index in [-0.39, 0.29) is 0 Å². The Morgan fingerprint density at radius 1 is 0.952 bits per heavy atom. The van der Waals surface area contributed by atoms with Gasteiger partial charge in [0.2, 0.25) is 0 Å². The van der Waals surface area contributed by atoms with Crippen LogP contribution in [-0.4, -0.2) is 6.61 Å². The number of aryl methyl sites for hydroxylation is 1. The van der Waals surface area contributed by atoms with Crippen LogP contribution in [0.25, 0.3) is 0 Å². The molecule has 0 spiro atoms. The van der Waals surface area contributed by atoms with Gasteiger partial charge in [0.05, 0.1) is 12.7 Å². The zero-order chi connectivity index (χ0) is 14.9. The van der Waals surface area contributed by atoms with Gasteiger partial charge in [-0.25, -0.2) is 0 Å². The molecule has 0 aliphatic carbocycles. The highest BCUT2D eigenvalue weighted by molar-refractivity contribution is 5.24. The van der Waals surface area contributed by atoms with E-state index in [2.05, 4.69) is 38.1 Å². The van der Waals surface area contributed by atoms with Gasteiger partial charge in [-0.2, -0.15) is 0 Å². The van der Waals surface area contributed by atoms with Crippen LogP contribution >= 0.6 is 0 Å².